The van der Waals surface area contributed by atoms with E-state index in [2.05, 4.69) is 50.1 Å². The summed E-state index contributed by atoms with van der Waals surface area (Å²) in [6, 6.07) is 12.4. The van der Waals surface area contributed by atoms with E-state index in [1.165, 1.54) is 11.9 Å². The SMILES string of the molecule is Clc1cc(N2CCN(Cc3ccccc3)CC2)ncn1. The van der Waals surface area contributed by atoms with E-state index in [-0.39, 0.29) is 0 Å². The van der Waals surface area contributed by atoms with Gasteiger partial charge >= 0.3 is 0 Å². The fraction of sp³-hybridized carbons (Fsp3) is 0.333. The van der Waals surface area contributed by atoms with E-state index < -0.39 is 0 Å². The second-order valence-electron chi connectivity index (χ2n) is 4.95. The molecule has 1 aromatic heterocycles. The van der Waals surface area contributed by atoms with Crippen molar-refractivity contribution in [2.75, 3.05) is 31.1 Å². The number of anilines is 1. The van der Waals surface area contributed by atoms with Gasteiger partial charge in [0.25, 0.3) is 0 Å². The Bertz CT molecular complexity index is 553. The second-order valence-corrected chi connectivity index (χ2v) is 5.33. The van der Waals surface area contributed by atoms with E-state index in [1.807, 2.05) is 6.07 Å². The van der Waals surface area contributed by atoms with E-state index in [9.17, 15) is 0 Å². The average Bonchev–Trinajstić information content (AvgIpc) is 2.49. The Morgan fingerprint density at radius 3 is 2.45 bits per heavy atom. The molecule has 3 rings (SSSR count). The summed E-state index contributed by atoms with van der Waals surface area (Å²) < 4.78 is 0. The molecule has 0 unspecified atom stereocenters. The van der Waals surface area contributed by atoms with Crippen LogP contribution in [-0.4, -0.2) is 41.0 Å². The highest BCUT2D eigenvalue weighted by Gasteiger charge is 2.18. The molecular formula is C15H17ClN4. The van der Waals surface area contributed by atoms with Crippen LogP contribution in [0.1, 0.15) is 5.56 Å². The lowest BCUT2D eigenvalue weighted by molar-refractivity contribution is 0.249. The van der Waals surface area contributed by atoms with Gasteiger partial charge < -0.3 is 4.90 Å². The molecule has 1 saturated heterocycles. The molecule has 5 heteroatoms. The van der Waals surface area contributed by atoms with E-state index in [4.69, 9.17) is 11.6 Å². The molecule has 0 radical (unpaired) electrons. The lowest BCUT2D eigenvalue weighted by Gasteiger charge is -2.35. The Morgan fingerprint density at radius 2 is 1.75 bits per heavy atom. The zero-order chi connectivity index (χ0) is 13.8. The lowest BCUT2D eigenvalue weighted by atomic mass is 10.2. The van der Waals surface area contributed by atoms with Crippen LogP contribution in [0.5, 0.6) is 0 Å². The first-order valence-corrected chi connectivity index (χ1v) is 7.18. The summed E-state index contributed by atoms with van der Waals surface area (Å²) in [6.45, 7) is 5.03. The standard InChI is InChI=1S/C15H17ClN4/c16-14-10-15(18-12-17-14)20-8-6-19(7-9-20)11-13-4-2-1-3-5-13/h1-5,10,12H,6-9,11H2. The van der Waals surface area contributed by atoms with Gasteiger partial charge in [0, 0.05) is 38.8 Å². The normalized spacial score (nSPS) is 16.4. The smallest absolute Gasteiger partial charge is 0.134 e. The van der Waals surface area contributed by atoms with Crippen LogP contribution in [0, 0.1) is 0 Å². The van der Waals surface area contributed by atoms with Gasteiger partial charge in [-0.05, 0) is 5.56 Å². The van der Waals surface area contributed by atoms with E-state index in [1.54, 1.807) is 0 Å². The minimum Gasteiger partial charge on any atom is -0.354 e. The predicted octanol–water partition coefficient (Wildman–Crippen LogP) is 2.45. The van der Waals surface area contributed by atoms with Crippen molar-refractivity contribution in [2.45, 2.75) is 6.54 Å². The summed E-state index contributed by atoms with van der Waals surface area (Å²) in [5, 5.41) is 0.502. The summed E-state index contributed by atoms with van der Waals surface area (Å²) in [4.78, 5) is 12.9. The molecule has 0 aliphatic carbocycles. The fourth-order valence-corrected chi connectivity index (χ4v) is 2.62. The van der Waals surface area contributed by atoms with Crippen molar-refractivity contribution in [3.8, 4) is 0 Å². The molecule has 20 heavy (non-hydrogen) atoms. The van der Waals surface area contributed by atoms with Crippen molar-refractivity contribution in [3.05, 3.63) is 53.4 Å². The molecule has 1 fully saturated rings. The number of nitrogens with zero attached hydrogens (tertiary/aromatic N) is 4. The number of hydrogen-bond acceptors (Lipinski definition) is 4. The molecule has 1 aromatic carbocycles. The first kappa shape index (κ1) is 13.3. The zero-order valence-corrected chi connectivity index (χ0v) is 12.0. The molecule has 1 aliphatic heterocycles. The van der Waals surface area contributed by atoms with Gasteiger partial charge in [0.15, 0.2) is 0 Å². The predicted molar refractivity (Wildman–Crippen MR) is 81.0 cm³/mol. The number of halogens is 1. The molecule has 1 aliphatic rings. The van der Waals surface area contributed by atoms with Gasteiger partial charge in [-0.1, -0.05) is 41.9 Å². The molecule has 0 spiro atoms. The molecule has 0 N–H and O–H groups in total. The number of piperazine rings is 1. The minimum atomic E-state index is 0.502. The molecule has 0 atom stereocenters. The van der Waals surface area contributed by atoms with Gasteiger partial charge in [-0.25, -0.2) is 9.97 Å². The van der Waals surface area contributed by atoms with Gasteiger partial charge in [-0.3, -0.25) is 4.90 Å². The van der Waals surface area contributed by atoms with Crippen LogP contribution in [0.2, 0.25) is 5.15 Å². The maximum absolute atomic E-state index is 5.91. The Labute approximate surface area is 124 Å². The number of aromatic nitrogens is 2. The van der Waals surface area contributed by atoms with Crippen molar-refractivity contribution in [1.29, 1.82) is 0 Å². The van der Waals surface area contributed by atoms with E-state index >= 15 is 0 Å². The Morgan fingerprint density at radius 1 is 1.00 bits per heavy atom. The quantitative estimate of drug-likeness (QED) is 0.812. The number of rotatable bonds is 3. The highest BCUT2D eigenvalue weighted by atomic mass is 35.5. The van der Waals surface area contributed by atoms with Crippen LogP contribution >= 0.6 is 11.6 Å². The Balaban J connectivity index is 1.57. The molecule has 2 aromatic rings. The average molecular weight is 289 g/mol. The van der Waals surface area contributed by atoms with Crippen molar-refractivity contribution in [2.24, 2.45) is 0 Å². The van der Waals surface area contributed by atoms with Crippen LogP contribution in [-0.2, 0) is 6.54 Å². The Kier molecular flexibility index (Phi) is 4.14. The van der Waals surface area contributed by atoms with Crippen LogP contribution in [0.4, 0.5) is 5.82 Å². The third-order valence-electron chi connectivity index (χ3n) is 3.56. The molecule has 0 saturated carbocycles. The zero-order valence-electron chi connectivity index (χ0n) is 11.2. The second kappa shape index (κ2) is 6.20. The van der Waals surface area contributed by atoms with Gasteiger partial charge in [0.2, 0.25) is 0 Å². The summed E-state index contributed by atoms with van der Waals surface area (Å²) in [6.07, 6.45) is 1.52. The van der Waals surface area contributed by atoms with Gasteiger partial charge in [0.1, 0.15) is 17.3 Å². The third-order valence-corrected chi connectivity index (χ3v) is 3.77. The first-order chi connectivity index (χ1) is 9.81. The largest absolute Gasteiger partial charge is 0.354 e. The lowest BCUT2D eigenvalue weighted by Crippen LogP contribution is -2.46. The molecule has 2 heterocycles. The maximum Gasteiger partial charge on any atom is 0.134 e. The van der Waals surface area contributed by atoms with Crippen molar-refractivity contribution < 1.29 is 0 Å². The van der Waals surface area contributed by atoms with Gasteiger partial charge in [-0.2, -0.15) is 0 Å². The topological polar surface area (TPSA) is 32.3 Å². The van der Waals surface area contributed by atoms with Crippen LogP contribution in [0.25, 0.3) is 0 Å². The highest BCUT2D eigenvalue weighted by molar-refractivity contribution is 6.29. The summed E-state index contributed by atoms with van der Waals surface area (Å²) in [5.74, 6) is 0.921. The van der Waals surface area contributed by atoms with Gasteiger partial charge in [-0.15, -0.1) is 0 Å². The van der Waals surface area contributed by atoms with Crippen molar-refractivity contribution in [1.82, 2.24) is 14.9 Å². The molecule has 4 nitrogen and oxygen atoms in total. The summed E-state index contributed by atoms with van der Waals surface area (Å²) in [7, 11) is 0. The maximum atomic E-state index is 5.91. The Hall–Kier alpha value is -1.65. The van der Waals surface area contributed by atoms with Crippen molar-refractivity contribution in [3.63, 3.8) is 0 Å². The monoisotopic (exact) mass is 288 g/mol. The van der Waals surface area contributed by atoms with Gasteiger partial charge in [0.05, 0.1) is 0 Å². The van der Waals surface area contributed by atoms with Crippen LogP contribution in [0.15, 0.2) is 42.7 Å². The molecule has 0 bridgehead atoms. The molecule has 104 valence electrons. The fourth-order valence-electron chi connectivity index (χ4n) is 2.47. The number of hydrogen-bond donors (Lipinski definition) is 0. The van der Waals surface area contributed by atoms with Crippen LogP contribution < -0.4 is 4.90 Å². The molecule has 0 amide bonds. The number of benzene rings is 1. The van der Waals surface area contributed by atoms with Crippen molar-refractivity contribution >= 4 is 17.4 Å². The first-order valence-electron chi connectivity index (χ1n) is 6.80. The summed E-state index contributed by atoms with van der Waals surface area (Å²) >= 11 is 5.91. The minimum absolute atomic E-state index is 0.502. The molecular weight excluding hydrogens is 272 g/mol. The van der Waals surface area contributed by atoms with E-state index in [0.717, 1.165) is 38.5 Å². The van der Waals surface area contributed by atoms with Crippen LogP contribution in [0.3, 0.4) is 0 Å². The summed E-state index contributed by atoms with van der Waals surface area (Å²) in [5.41, 5.74) is 1.37. The van der Waals surface area contributed by atoms with E-state index in [0.29, 0.717) is 5.15 Å². The third kappa shape index (κ3) is 3.26. The highest BCUT2D eigenvalue weighted by Crippen LogP contribution is 2.17.